The maximum atomic E-state index is 10.7. The van der Waals surface area contributed by atoms with Gasteiger partial charge in [-0.3, -0.25) is 0 Å². The smallest absolute Gasteiger partial charge is 0.344 e. The maximum Gasteiger partial charge on any atom is 0.344 e. The Morgan fingerprint density at radius 3 is 2.61 bits per heavy atom. The van der Waals surface area contributed by atoms with E-state index in [1.807, 2.05) is 0 Å². The molecule has 96 valence electrons. The number of carboxylic acids is 2. The van der Waals surface area contributed by atoms with Crippen molar-refractivity contribution in [1.82, 2.24) is 4.98 Å². The topological polar surface area (TPSA) is 96.7 Å². The van der Waals surface area contributed by atoms with Crippen LogP contribution in [0.1, 0.15) is 18.3 Å². The predicted octanol–water partition coefficient (Wildman–Crippen LogP) is 1.34. The molecular weight excluding hydrogens is 238 g/mol. The molecule has 18 heavy (non-hydrogen) atoms. The number of hydrogen-bond donors (Lipinski definition) is 2. The normalized spacial score (nSPS) is 12.3. The van der Waals surface area contributed by atoms with Gasteiger partial charge < -0.3 is 14.9 Å². The summed E-state index contributed by atoms with van der Waals surface area (Å²) in [6.07, 6.45) is 1.14. The third-order valence-corrected chi connectivity index (χ3v) is 2.06. The summed E-state index contributed by atoms with van der Waals surface area (Å²) in [5.74, 6) is -1.99. The second kappa shape index (κ2) is 5.81. The standard InChI is InChI=1S/C12H13NO5/c1-7-3-5-10(18-8(2)12(16)17)9(13-7)4-6-11(14)15/h3-6,8H,1-2H3,(H,14,15)(H,16,17). The maximum absolute atomic E-state index is 10.7. The van der Waals surface area contributed by atoms with Crippen molar-refractivity contribution >= 4 is 18.0 Å². The van der Waals surface area contributed by atoms with Crippen LogP contribution in [0.15, 0.2) is 18.2 Å². The third kappa shape index (κ3) is 3.89. The Morgan fingerprint density at radius 2 is 2.06 bits per heavy atom. The quantitative estimate of drug-likeness (QED) is 0.766. The molecule has 0 saturated heterocycles. The van der Waals surface area contributed by atoms with Gasteiger partial charge in [-0.1, -0.05) is 0 Å². The van der Waals surface area contributed by atoms with Gasteiger partial charge in [0, 0.05) is 11.8 Å². The van der Waals surface area contributed by atoms with Gasteiger partial charge in [0.2, 0.25) is 0 Å². The van der Waals surface area contributed by atoms with Crippen molar-refractivity contribution in [2.75, 3.05) is 0 Å². The van der Waals surface area contributed by atoms with Crippen molar-refractivity contribution in [2.45, 2.75) is 20.0 Å². The average molecular weight is 251 g/mol. The summed E-state index contributed by atoms with van der Waals surface area (Å²) in [6.45, 7) is 3.12. The molecule has 1 aromatic rings. The van der Waals surface area contributed by atoms with E-state index in [4.69, 9.17) is 14.9 Å². The van der Waals surface area contributed by atoms with E-state index in [1.165, 1.54) is 13.0 Å². The Hall–Kier alpha value is -2.37. The molecular formula is C12H13NO5. The molecule has 2 N–H and O–H groups in total. The Bertz CT molecular complexity index is 495. The van der Waals surface area contributed by atoms with Crippen molar-refractivity contribution < 1.29 is 24.5 Å². The molecule has 0 bridgehead atoms. The Balaban J connectivity index is 3.03. The van der Waals surface area contributed by atoms with Crippen LogP contribution < -0.4 is 4.74 Å². The van der Waals surface area contributed by atoms with Crippen LogP contribution in [-0.4, -0.2) is 33.2 Å². The summed E-state index contributed by atoms with van der Waals surface area (Å²) >= 11 is 0. The van der Waals surface area contributed by atoms with Gasteiger partial charge in [0.1, 0.15) is 11.4 Å². The number of pyridine rings is 1. The molecule has 0 aliphatic heterocycles. The molecule has 0 saturated carbocycles. The molecule has 1 aromatic heterocycles. The SMILES string of the molecule is Cc1ccc(OC(C)C(=O)O)c(C=CC(=O)O)n1. The molecule has 0 fully saturated rings. The molecule has 1 rings (SSSR count). The summed E-state index contributed by atoms with van der Waals surface area (Å²) in [4.78, 5) is 25.2. The Labute approximate surface area is 104 Å². The van der Waals surface area contributed by atoms with E-state index >= 15 is 0 Å². The van der Waals surface area contributed by atoms with Crippen molar-refractivity contribution in [3.05, 3.63) is 29.6 Å². The minimum atomic E-state index is -1.12. The number of hydrogen-bond acceptors (Lipinski definition) is 4. The van der Waals surface area contributed by atoms with E-state index in [1.54, 1.807) is 19.1 Å². The highest BCUT2D eigenvalue weighted by molar-refractivity contribution is 5.85. The molecule has 1 unspecified atom stereocenters. The lowest BCUT2D eigenvalue weighted by Crippen LogP contribution is -2.23. The first kappa shape index (κ1) is 13.7. The molecule has 1 atom stereocenters. The number of carbonyl (C=O) groups is 2. The molecule has 0 aliphatic carbocycles. The summed E-state index contributed by atoms with van der Waals surface area (Å²) in [6, 6.07) is 3.21. The molecule has 0 amide bonds. The van der Waals surface area contributed by atoms with Crippen LogP contribution in [0.5, 0.6) is 5.75 Å². The van der Waals surface area contributed by atoms with E-state index < -0.39 is 18.0 Å². The lowest BCUT2D eigenvalue weighted by Gasteiger charge is -2.12. The largest absolute Gasteiger partial charge is 0.479 e. The fraction of sp³-hybridized carbons (Fsp3) is 0.250. The third-order valence-electron chi connectivity index (χ3n) is 2.06. The van der Waals surface area contributed by atoms with Gasteiger partial charge >= 0.3 is 11.9 Å². The first-order chi connectivity index (χ1) is 8.40. The van der Waals surface area contributed by atoms with E-state index in [0.717, 1.165) is 6.08 Å². The van der Waals surface area contributed by atoms with Crippen molar-refractivity contribution in [1.29, 1.82) is 0 Å². The summed E-state index contributed by atoms with van der Waals surface area (Å²) in [5.41, 5.74) is 0.959. The number of aryl methyl sites for hydroxylation is 1. The van der Waals surface area contributed by atoms with Gasteiger partial charge in [0.05, 0.1) is 0 Å². The highest BCUT2D eigenvalue weighted by Gasteiger charge is 2.14. The Morgan fingerprint density at radius 1 is 1.39 bits per heavy atom. The van der Waals surface area contributed by atoms with Crippen LogP contribution in [0.3, 0.4) is 0 Å². The second-order valence-corrected chi connectivity index (χ2v) is 3.61. The van der Waals surface area contributed by atoms with E-state index in [0.29, 0.717) is 5.69 Å². The molecule has 6 nitrogen and oxygen atoms in total. The number of aromatic nitrogens is 1. The zero-order chi connectivity index (χ0) is 13.7. The minimum absolute atomic E-state index is 0.230. The van der Waals surface area contributed by atoms with Crippen LogP contribution >= 0.6 is 0 Å². The number of aliphatic carboxylic acids is 2. The van der Waals surface area contributed by atoms with Gasteiger partial charge in [-0.15, -0.1) is 0 Å². The van der Waals surface area contributed by atoms with Gasteiger partial charge in [-0.25, -0.2) is 14.6 Å². The Kier molecular flexibility index (Phi) is 4.42. The summed E-state index contributed by atoms with van der Waals surface area (Å²) in [7, 11) is 0. The average Bonchev–Trinajstić information content (AvgIpc) is 2.29. The zero-order valence-corrected chi connectivity index (χ0v) is 9.95. The van der Waals surface area contributed by atoms with E-state index in [9.17, 15) is 9.59 Å². The van der Waals surface area contributed by atoms with Gasteiger partial charge in [0.15, 0.2) is 6.10 Å². The molecule has 0 aliphatic rings. The van der Waals surface area contributed by atoms with Crippen LogP contribution in [-0.2, 0) is 9.59 Å². The van der Waals surface area contributed by atoms with Gasteiger partial charge in [0.25, 0.3) is 0 Å². The minimum Gasteiger partial charge on any atom is -0.479 e. The van der Waals surface area contributed by atoms with Gasteiger partial charge in [-0.2, -0.15) is 0 Å². The van der Waals surface area contributed by atoms with Crippen molar-refractivity contribution in [3.8, 4) is 5.75 Å². The lowest BCUT2D eigenvalue weighted by atomic mass is 10.2. The van der Waals surface area contributed by atoms with Crippen LogP contribution in [0.2, 0.25) is 0 Å². The molecule has 0 radical (unpaired) electrons. The summed E-state index contributed by atoms with van der Waals surface area (Å²) < 4.78 is 5.19. The number of carboxylic acid groups (broad SMARTS) is 2. The van der Waals surface area contributed by atoms with Crippen LogP contribution in [0, 0.1) is 6.92 Å². The lowest BCUT2D eigenvalue weighted by molar-refractivity contribution is -0.144. The van der Waals surface area contributed by atoms with E-state index in [2.05, 4.69) is 4.98 Å². The van der Waals surface area contributed by atoms with Crippen molar-refractivity contribution in [3.63, 3.8) is 0 Å². The second-order valence-electron chi connectivity index (χ2n) is 3.61. The van der Waals surface area contributed by atoms with Crippen LogP contribution in [0.4, 0.5) is 0 Å². The first-order valence-corrected chi connectivity index (χ1v) is 5.18. The fourth-order valence-electron chi connectivity index (χ4n) is 1.17. The van der Waals surface area contributed by atoms with E-state index in [-0.39, 0.29) is 11.4 Å². The van der Waals surface area contributed by atoms with Crippen molar-refractivity contribution in [2.24, 2.45) is 0 Å². The monoisotopic (exact) mass is 251 g/mol. The number of nitrogens with zero attached hydrogens (tertiary/aromatic N) is 1. The predicted molar refractivity (Wildman–Crippen MR) is 63.4 cm³/mol. The fourth-order valence-corrected chi connectivity index (χ4v) is 1.17. The number of ether oxygens (including phenoxy) is 1. The first-order valence-electron chi connectivity index (χ1n) is 5.18. The molecule has 1 heterocycles. The summed E-state index contributed by atoms with van der Waals surface area (Å²) in [5, 5.41) is 17.3. The highest BCUT2D eigenvalue weighted by Crippen LogP contribution is 2.20. The molecule has 6 heteroatoms. The highest BCUT2D eigenvalue weighted by atomic mass is 16.5. The zero-order valence-electron chi connectivity index (χ0n) is 9.95. The van der Waals surface area contributed by atoms with Gasteiger partial charge in [-0.05, 0) is 32.1 Å². The number of rotatable bonds is 5. The molecule has 0 spiro atoms. The van der Waals surface area contributed by atoms with Crippen LogP contribution in [0.25, 0.3) is 6.08 Å². The molecule has 0 aromatic carbocycles.